The van der Waals surface area contributed by atoms with Crippen LogP contribution in [-0.2, 0) is 25.6 Å². The van der Waals surface area contributed by atoms with E-state index < -0.39 is 11.7 Å². The predicted octanol–water partition coefficient (Wildman–Crippen LogP) is 2.80. The molecule has 1 aliphatic heterocycles. The fourth-order valence-electron chi connectivity index (χ4n) is 2.65. The molecule has 0 bridgehead atoms. The molecule has 1 aromatic carbocycles. The first-order valence-corrected chi connectivity index (χ1v) is 6.81. The van der Waals surface area contributed by atoms with Crippen LogP contribution in [0.2, 0.25) is 0 Å². The van der Waals surface area contributed by atoms with Crippen LogP contribution in [0, 0.1) is 0 Å². The van der Waals surface area contributed by atoms with Crippen LogP contribution in [0.25, 0.3) is 0 Å². The molecule has 2 heterocycles. The SMILES string of the molecule is OC1CCn2c(cnc2Cc2ccc(C(F)(F)F)cc2)C1. The normalized spacial score (nSPS) is 18.6. The van der Waals surface area contributed by atoms with E-state index in [-0.39, 0.29) is 6.10 Å². The summed E-state index contributed by atoms with van der Waals surface area (Å²) in [4.78, 5) is 4.33. The Hall–Kier alpha value is -1.82. The van der Waals surface area contributed by atoms with Gasteiger partial charge >= 0.3 is 6.18 Å². The van der Waals surface area contributed by atoms with Gasteiger partial charge in [0.25, 0.3) is 0 Å². The Kier molecular flexibility index (Phi) is 3.49. The quantitative estimate of drug-likeness (QED) is 0.925. The molecule has 0 radical (unpaired) electrons. The third-order valence-electron chi connectivity index (χ3n) is 3.80. The van der Waals surface area contributed by atoms with Gasteiger partial charge in [-0.15, -0.1) is 0 Å². The van der Waals surface area contributed by atoms with Crippen LogP contribution in [0.15, 0.2) is 30.5 Å². The predicted molar refractivity (Wildman–Crippen MR) is 70.8 cm³/mol. The Morgan fingerprint density at radius 2 is 1.95 bits per heavy atom. The van der Waals surface area contributed by atoms with Crippen LogP contribution in [-0.4, -0.2) is 20.8 Å². The van der Waals surface area contributed by atoms with Crippen LogP contribution >= 0.6 is 0 Å². The van der Waals surface area contributed by atoms with Crippen molar-refractivity contribution in [2.45, 2.75) is 38.1 Å². The molecular formula is C15H15F3N2O. The zero-order valence-corrected chi connectivity index (χ0v) is 11.3. The van der Waals surface area contributed by atoms with Gasteiger partial charge in [-0.3, -0.25) is 0 Å². The third kappa shape index (κ3) is 2.95. The number of alkyl halides is 3. The number of hydrogen-bond donors (Lipinski definition) is 1. The summed E-state index contributed by atoms with van der Waals surface area (Å²) in [5.74, 6) is 0.830. The number of imidazole rings is 1. The molecule has 1 atom stereocenters. The minimum Gasteiger partial charge on any atom is -0.393 e. The summed E-state index contributed by atoms with van der Waals surface area (Å²) < 4.78 is 39.6. The zero-order chi connectivity index (χ0) is 15.0. The zero-order valence-electron chi connectivity index (χ0n) is 11.3. The summed E-state index contributed by atoms with van der Waals surface area (Å²) in [5, 5.41) is 9.61. The van der Waals surface area contributed by atoms with Crippen LogP contribution in [0.1, 0.15) is 29.1 Å². The molecule has 3 rings (SSSR count). The molecular weight excluding hydrogens is 281 g/mol. The second kappa shape index (κ2) is 5.18. The van der Waals surface area contributed by atoms with Crippen molar-refractivity contribution in [3.05, 3.63) is 53.1 Å². The molecule has 0 saturated heterocycles. The molecule has 1 N–H and O–H groups in total. The second-order valence-corrected chi connectivity index (χ2v) is 5.34. The molecule has 21 heavy (non-hydrogen) atoms. The highest BCUT2D eigenvalue weighted by Crippen LogP contribution is 2.29. The van der Waals surface area contributed by atoms with E-state index in [9.17, 15) is 18.3 Å². The van der Waals surface area contributed by atoms with Crippen molar-refractivity contribution in [3.63, 3.8) is 0 Å². The van der Waals surface area contributed by atoms with Crippen molar-refractivity contribution in [3.8, 4) is 0 Å². The summed E-state index contributed by atoms with van der Waals surface area (Å²) in [6.07, 6.45) is -1.13. The summed E-state index contributed by atoms with van der Waals surface area (Å²) >= 11 is 0. The lowest BCUT2D eigenvalue weighted by Crippen LogP contribution is -2.23. The first-order chi connectivity index (χ1) is 9.93. The van der Waals surface area contributed by atoms with E-state index in [0.717, 1.165) is 29.2 Å². The van der Waals surface area contributed by atoms with Crippen LogP contribution < -0.4 is 0 Å². The van der Waals surface area contributed by atoms with Crippen LogP contribution in [0.3, 0.4) is 0 Å². The molecule has 0 saturated carbocycles. The average Bonchev–Trinajstić information content (AvgIpc) is 2.80. The summed E-state index contributed by atoms with van der Waals surface area (Å²) in [7, 11) is 0. The number of aliphatic hydroxyl groups excluding tert-OH is 1. The van der Waals surface area contributed by atoms with E-state index in [1.165, 1.54) is 12.1 Å². The first kappa shape index (κ1) is 14.1. The molecule has 0 aliphatic carbocycles. The minimum absolute atomic E-state index is 0.326. The third-order valence-corrected chi connectivity index (χ3v) is 3.80. The number of rotatable bonds is 2. The van der Waals surface area contributed by atoms with E-state index >= 15 is 0 Å². The molecule has 0 fully saturated rings. The van der Waals surface area contributed by atoms with Crippen molar-refractivity contribution in [1.82, 2.24) is 9.55 Å². The molecule has 1 unspecified atom stereocenters. The van der Waals surface area contributed by atoms with Gasteiger partial charge in [0, 0.05) is 31.3 Å². The molecule has 6 heteroatoms. The van der Waals surface area contributed by atoms with E-state index in [4.69, 9.17) is 0 Å². The standard InChI is InChI=1S/C15H15F3N2O/c16-15(17,18)11-3-1-10(2-4-11)7-14-19-9-12-8-13(21)5-6-20(12)14/h1-4,9,13,21H,5-8H2. The molecule has 0 amide bonds. The number of hydrogen-bond acceptors (Lipinski definition) is 2. The van der Waals surface area contributed by atoms with Crippen molar-refractivity contribution in [2.75, 3.05) is 0 Å². The fraction of sp³-hybridized carbons (Fsp3) is 0.400. The van der Waals surface area contributed by atoms with E-state index in [1.807, 2.05) is 4.57 Å². The van der Waals surface area contributed by atoms with E-state index in [2.05, 4.69) is 4.98 Å². The lowest BCUT2D eigenvalue weighted by molar-refractivity contribution is -0.137. The van der Waals surface area contributed by atoms with E-state index in [0.29, 0.717) is 25.8 Å². The number of halogens is 3. The van der Waals surface area contributed by atoms with Crippen molar-refractivity contribution in [1.29, 1.82) is 0 Å². The van der Waals surface area contributed by atoms with Gasteiger partial charge in [-0.2, -0.15) is 13.2 Å². The summed E-state index contributed by atoms with van der Waals surface area (Å²) in [6, 6.07) is 5.17. The van der Waals surface area contributed by atoms with Gasteiger partial charge in [0.2, 0.25) is 0 Å². The molecule has 112 valence electrons. The average molecular weight is 296 g/mol. The summed E-state index contributed by atoms with van der Waals surface area (Å²) in [6.45, 7) is 0.701. The summed E-state index contributed by atoms with van der Waals surface area (Å²) in [5.41, 5.74) is 1.14. The number of aromatic nitrogens is 2. The van der Waals surface area contributed by atoms with Crippen LogP contribution in [0.5, 0.6) is 0 Å². The second-order valence-electron chi connectivity index (χ2n) is 5.34. The number of fused-ring (bicyclic) bond motifs is 1. The first-order valence-electron chi connectivity index (χ1n) is 6.81. The number of benzene rings is 1. The van der Waals surface area contributed by atoms with Gasteiger partial charge < -0.3 is 9.67 Å². The lowest BCUT2D eigenvalue weighted by atomic mass is 10.1. The smallest absolute Gasteiger partial charge is 0.393 e. The Morgan fingerprint density at radius 1 is 1.24 bits per heavy atom. The maximum absolute atomic E-state index is 12.5. The van der Waals surface area contributed by atoms with Gasteiger partial charge in [-0.1, -0.05) is 12.1 Å². The van der Waals surface area contributed by atoms with Gasteiger partial charge in [0.15, 0.2) is 0 Å². The van der Waals surface area contributed by atoms with Gasteiger partial charge in [0.1, 0.15) is 5.82 Å². The number of nitrogens with zero attached hydrogens (tertiary/aromatic N) is 2. The highest BCUT2D eigenvalue weighted by atomic mass is 19.4. The van der Waals surface area contributed by atoms with Gasteiger partial charge in [-0.25, -0.2) is 4.98 Å². The molecule has 2 aromatic rings. The Bertz CT molecular complexity index is 631. The number of aliphatic hydroxyl groups is 1. The van der Waals surface area contributed by atoms with Crippen molar-refractivity contribution in [2.24, 2.45) is 0 Å². The van der Waals surface area contributed by atoms with Crippen LogP contribution in [0.4, 0.5) is 13.2 Å². The molecule has 1 aliphatic rings. The largest absolute Gasteiger partial charge is 0.416 e. The van der Waals surface area contributed by atoms with Crippen molar-refractivity contribution < 1.29 is 18.3 Å². The van der Waals surface area contributed by atoms with Gasteiger partial charge in [0.05, 0.1) is 11.7 Å². The Morgan fingerprint density at radius 3 is 2.62 bits per heavy atom. The maximum Gasteiger partial charge on any atom is 0.416 e. The fourth-order valence-corrected chi connectivity index (χ4v) is 2.65. The Balaban J connectivity index is 1.78. The highest BCUT2D eigenvalue weighted by molar-refractivity contribution is 5.27. The monoisotopic (exact) mass is 296 g/mol. The molecule has 1 aromatic heterocycles. The van der Waals surface area contributed by atoms with Gasteiger partial charge in [-0.05, 0) is 24.1 Å². The molecule has 3 nitrogen and oxygen atoms in total. The topological polar surface area (TPSA) is 38.0 Å². The lowest BCUT2D eigenvalue weighted by Gasteiger charge is -2.21. The maximum atomic E-state index is 12.5. The molecule has 0 spiro atoms. The van der Waals surface area contributed by atoms with Crippen molar-refractivity contribution >= 4 is 0 Å². The highest BCUT2D eigenvalue weighted by Gasteiger charge is 2.30. The Labute approximate surface area is 120 Å². The minimum atomic E-state index is -4.30. The van der Waals surface area contributed by atoms with E-state index in [1.54, 1.807) is 6.20 Å².